The first-order chi connectivity index (χ1) is 24.8. The van der Waals surface area contributed by atoms with Crippen LogP contribution in [0.25, 0.3) is 0 Å². The molecule has 5 heteroatoms. The normalized spacial score (nSPS) is 11.6. The van der Waals surface area contributed by atoms with Crippen LogP contribution in [0.1, 0.15) is 93.7 Å². The van der Waals surface area contributed by atoms with Gasteiger partial charge in [0.25, 0.3) is 0 Å². The van der Waals surface area contributed by atoms with Gasteiger partial charge in [-0.3, -0.25) is 0 Å². The number of allylic oxidation sites excluding steroid dienone is 2. The molecule has 0 saturated carbocycles. The van der Waals surface area contributed by atoms with Crippen molar-refractivity contribution in [2.45, 2.75) is 82.7 Å². The van der Waals surface area contributed by atoms with Crippen molar-refractivity contribution in [3.05, 3.63) is 133 Å². The first-order valence-electron chi connectivity index (χ1n) is 19.1. The lowest BCUT2D eigenvalue weighted by Gasteiger charge is -2.36. The number of unbranched alkanes of at least 4 members (excludes halogenated alkanes) is 8. The highest BCUT2D eigenvalue weighted by Gasteiger charge is 2.37. The van der Waals surface area contributed by atoms with E-state index >= 15 is 0 Å². The van der Waals surface area contributed by atoms with E-state index in [4.69, 9.17) is 23.7 Å². The Kier molecular flexibility index (Phi) is 22.9. The number of benzene rings is 3. The summed E-state index contributed by atoms with van der Waals surface area (Å²) in [5.41, 5.74) is 2.52. The molecule has 0 fully saturated rings. The summed E-state index contributed by atoms with van der Waals surface area (Å²) in [5.74, 6) is 0.647. The van der Waals surface area contributed by atoms with Gasteiger partial charge in [0.15, 0.2) is 0 Å². The fourth-order valence-electron chi connectivity index (χ4n) is 6.39. The molecule has 3 rings (SSSR count). The Hall–Kier alpha value is -3.06. The third-order valence-corrected chi connectivity index (χ3v) is 9.10. The zero-order valence-electron chi connectivity index (χ0n) is 30.7. The molecule has 50 heavy (non-hydrogen) atoms. The van der Waals surface area contributed by atoms with Crippen molar-refractivity contribution < 1.29 is 23.7 Å². The Balaban J connectivity index is 1.27. The first-order valence-corrected chi connectivity index (χ1v) is 19.1. The van der Waals surface area contributed by atoms with Crippen LogP contribution >= 0.6 is 0 Å². The standard InChI is InChI=1S/C45H64O5/c1-3-5-7-9-11-16-24-41(25-17-12-10-8-6-4-2)40-49-37-36-47-33-32-46-34-35-48-38-39-50-45(42-26-18-13-19-27-42,43-28-20-14-21-29-43)44-30-22-15-23-31-44/h3-4,13-15,18-23,26-31,41H,1-2,5-12,16-17,24-25,32-40H2. The Morgan fingerprint density at radius 3 is 1.20 bits per heavy atom. The lowest BCUT2D eigenvalue weighted by Crippen LogP contribution is -2.34. The highest BCUT2D eigenvalue weighted by molar-refractivity contribution is 5.47. The summed E-state index contributed by atoms with van der Waals surface area (Å²) in [7, 11) is 0. The minimum atomic E-state index is -0.734. The Bertz CT molecular complexity index is 1100. The van der Waals surface area contributed by atoms with Gasteiger partial charge in [-0.2, -0.15) is 0 Å². The van der Waals surface area contributed by atoms with Gasteiger partial charge >= 0.3 is 0 Å². The van der Waals surface area contributed by atoms with Crippen LogP contribution in [0.2, 0.25) is 0 Å². The molecule has 274 valence electrons. The van der Waals surface area contributed by atoms with Crippen LogP contribution in [0.3, 0.4) is 0 Å². The summed E-state index contributed by atoms with van der Waals surface area (Å²) in [4.78, 5) is 0. The maximum Gasteiger partial charge on any atom is 0.143 e. The SMILES string of the molecule is C=CCCCCCCC(CCCCCCC=C)COCCOCCOCCOCCOC(c1ccccc1)(c1ccccc1)c1ccccc1. The summed E-state index contributed by atoms with van der Waals surface area (Å²) in [6, 6.07) is 31.2. The maximum absolute atomic E-state index is 6.77. The van der Waals surface area contributed by atoms with Crippen molar-refractivity contribution in [3.8, 4) is 0 Å². The van der Waals surface area contributed by atoms with Crippen molar-refractivity contribution >= 4 is 0 Å². The molecule has 0 unspecified atom stereocenters. The molecule has 0 N–H and O–H groups in total. The summed E-state index contributed by atoms with van der Waals surface area (Å²) >= 11 is 0. The van der Waals surface area contributed by atoms with E-state index in [1.54, 1.807) is 0 Å². The van der Waals surface area contributed by atoms with Crippen LogP contribution in [-0.4, -0.2) is 59.5 Å². The van der Waals surface area contributed by atoms with E-state index in [-0.39, 0.29) is 0 Å². The fraction of sp³-hybridized carbons (Fsp3) is 0.511. The summed E-state index contributed by atoms with van der Waals surface area (Å²) in [6.45, 7) is 12.8. The molecule has 0 aliphatic heterocycles. The molecular formula is C45H64O5. The molecule has 0 bridgehead atoms. The van der Waals surface area contributed by atoms with Gasteiger partial charge in [0.05, 0.1) is 52.9 Å². The molecule has 0 aliphatic carbocycles. The number of ether oxygens (including phenoxy) is 5. The smallest absolute Gasteiger partial charge is 0.143 e. The van der Waals surface area contributed by atoms with Crippen LogP contribution < -0.4 is 0 Å². The molecule has 0 heterocycles. The average molecular weight is 685 g/mol. The Morgan fingerprint density at radius 1 is 0.440 bits per heavy atom. The monoisotopic (exact) mass is 684 g/mol. The van der Waals surface area contributed by atoms with Crippen LogP contribution in [0.5, 0.6) is 0 Å². The quantitative estimate of drug-likeness (QED) is 0.0372. The number of hydrogen-bond acceptors (Lipinski definition) is 5. The minimum absolute atomic E-state index is 0.439. The molecule has 0 spiro atoms. The van der Waals surface area contributed by atoms with Crippen molar-refractivity contribution in [2.24, 2.45) is 5.92 Å². The molecule has 3 aromatic carbocycles. The largest absolute Gasteiger partial charge is 0.379 e. The summed E-state index contributed by atoms with van der Waals surface area (Å²) in [6.07, 6.45) is 19.2. The van der Waals surface area contributed by atoms with E-state index in [0.717, 1.165) is 36.1 Å². The van der Waals surface area contributed by atoms with Crippen LogP contribution in [0.15, 0.2) is 116 Å². The van der Waals surface area contributed by atoms with Crippen LogP contribution in [0.4, 0.5) is 0 Å². The van der Waals surface area contributed by atoms with E-state index in [9.17, 15) is 0 Å². The van der Waals surface area contributed by atoms with Crippen molar-refractivity contribution in [1.29, 1.82) is 0 Å². The maximum atomic E-state index is 6.77. The minimum Gasteiger partial charge on any atom is -0.379 e. The van der Waals surface area contributed by atoms with Crippen molar-refractivity contribution in [3.63, 3.8) is 0 Å². The molecule has 0 aromatic heterocycles. The zero-order chi connectivity index (χ0) is 35.2. The summed E-state index contributed by atoms with van der Waals surface area (Å²) < 4.78 is 30.2. The van der Waals surface area contributed by atoms with Crippen molar-refractivity contribution in [1.82, 2.24) is 0 Å². The second-order valence-electron chi connectivity index (χ2n) is 13.0. The lowest BCUT2D eigenvalue weighted by atomic mass is 9.80. The van der Waals surface area contributed by atoms with Gasteiger partial charge in [-0.15, -0.1) is 13.2 Å². The topological polar surface area (TPSA) is 46.2 Å². The highest BCUT2D eigenvalue weighted by atomic mass is 16.6. The van der Waals surface area contributed by atoms with Gasteiger partial charge in [0.2, 0.25) is 0 Å². The van der Waals surface area contributed by atoms with Gasteiger partial charge in [-0.1, -0.05) is 142 Å². The van der Waals surface area contributed by atoms with Crippen LogP contribution in [-0.2, 0) is 29.3 Å². The predicted octanol–water partition coefficient (Wildman–Crippen LogP) is 10.7. The lowest BCUT2D eigenvalue weighted by molar-refractivity contribution is -0.0388. The molecule has 5 nitrogen and oxygen atoms in total. The third kappa shape index (κ3) is 16.3. The van der Waals surface area contributed by atoms with Gasteiger partial charge in [0.1, 0.15) is 5.60 Å². The fourth-order valence-corrected chi connectivity index (χ4v) is 6.39. The van der Waals surface area contributed by atoms with Gasteiger partial charge < -0.3 is 23.7 Å². The highest BCUT2D eigenvalue weighted by Crippen LogP contribution is 2.40. The van der Waals surface area contributed by atoms with Gasteiger partial charge in [-0.25, -0.2) is 0 Å². The molecule has 0 atom stereocenters. The van der Waals surface area contributed by atoms with E-state index in [0.29, 0.717) is 58.8 Å². The van der Waals surface area contributed by atoms with E-state index in [1.165, 1.54) is 64.2 Å². The Morgan fingerprint density at radius 2 is 0.800 bits per heavy atom. The second-order valence-corrected chi connectivity index (χ2v) is 13.0. The molecule has 3 aromatic rings. The van der Waals surface area contributed by atoms with E-state index in [1.807, 2.05) is 30.4 Å². The zero-order valence-corrected chi connectivity index (χ0v) is 30.7. The van der Waals surface area contributed by atoms with Crippen LogP contribution in [0, 0.1) is 5.92 Å². The Labute approximate surface area is 304 Å². The average Bonchev–Trinajstić information content (AvgIpc) is 3.17. The molecule has 0 radical (unpaired) electrons. The summed E-state index contributed by atoms with van der Waals surface area (Å²) in [5, 5.41) is 0. The molecule has 0 amide bonds. The van der Waals surface area contributed by atoms with E-state index in [2.05, 4.69) is 86.0 Å². The molecular weight excluding hydrogens is 620 g/mol. The van der Waals surface area contributed by atoms with Gasteiger partial charge in [-0.05, 0) is 61.1 Å². The number of hydrogen-bond donors (Lipinski definition) is 0. The first kappa shape index (κ1) is 41.4. The van der Waals surface area contributed by atoms with E-state index < -0.39 is 5.60 Å². The van der Waals surface area contributed by atoms with Gasteiger partial charge in [0, 0.05) is 6.61 Å². The molecule has 0 aliphatic rings. The second kappa shape index (κ2) is 27.6. The predicted molar refractivity (Wildman–Crippen MR) is 208 cm³/mol. The number of rotatable bonds is 32. The molecule has 0 saturated heterocycles. The van der Waals surface area contributed by atoms with Crippen molar-refractivity contribution in [2.75, 3.05) is 59.5 Å². The third-order valence-electron chi connectivity index (χ3n) is 9.10.